The molecule has 1 amide bonds. The lowest BCUT2D eigenvalue weighted by Gasteiger charge is -2.05. The van der Waals surface area contributed by atoms with Gasteiger partial charge in [0.2, 0.25) is 0 Å². The summed E-state index contributed by atoms with van der Waals surface area (Å²) in [6.07, 6.45) is 1.53. The highest BCUT2D eigenvalue weighted by Crippen LogP contribution is 2.23. The van der Waals surface area contributed by atoms with Crippen LogP contribution in [0, 0.1) is 0 Å². The number of hydrogen-bond donors (Lipinski definition) is 3. The van der Waals surface area contributed by atoms with Crippen LogP contribution in [-0.4, -0.2) is 21.1 Å². The third-order valence-corrected chi connectivity index (χ3v) is 2.63. The number of nitrogen functional groups attached to an aromatic ring is 1. The van der Waals surface area contributed by atoms with E-state index < -0.39 is 5.91 Å². The average Bonchev–Trinajstić information content (AvgIpc) is 2.70. The molecule has 4 N–H and O–H groups in total. The zero-order chi connectivity index (χ0) is 12.4. The third-order valence-electron chi connectivity index (χ3n) is 1.90. The van der Waals surface area contributed by atoms with Crippen LogP contribution in [0.3, 0.4) is 0 Å². The van der Waals surface area contributed by atoms with E-state index in [1.165, 1.54) is 12.3 Å². The van der Waals surface area contributed by atoms with Crippen LogP contribution >= 0.6 is 27.5 Å². The number of pyridine rings is 1. The number of nitrogens with zero attached hydrogens (tertiary/aromatic N) is 2. The van der Waals surface area contributed by atoms with Gasteiger partial charge in [0, 0.05) is 16.7 Å². The van der Waals surface area contributed by atoms with E-state index >= 15 is 0 Å². The van der Waals surface area contributed by atoms with Gasteiger partial charge >= 0.3 is 0 Å². The molecule has 2 rings (SSSR count). The second-order valence-corrected chi connectivity index (χ2v) is 4.43. The Morgan fingerprint density at radius 3 is 2.94 bits per heavy atom. The molecule has 0 fully saturated rings. The van der Waals surface area contributed by atoms with Gasteiger partial charge in [-0.05, 0) is 22.0 Å². The Morgan fingerprint density at radius 1 is 1.53 bits per heavy atom. The van der Waals surface area contributed by atoms with E-state index in [1.807, 2.05) is 0 Å². The lowest BCUT2D eigenvalue weighted by Crippen LogP contribution is -2.13. The van der Waals surface area contributed by atoms with E-state index in [0.29, 0.717) is 10.2 Å². The molecule has 17 heavy (non-hydrogen) atoms. The standard InChI is InChI=1S/C9H7BrClN5O/c10-4-1-5(8(11)13-3-4)14-9(17)6-2-7(12)16-15-6/h1-3H,(H,14,17)(H3,12,15,16). The SMILES string of the molecule is Nc1cc(C(=O)Nc2cc(Br)cnc2Cl)[nH]n1. The Kier molecular flexibility index (Phi) is 3.30. The van der Waals surface area contributed by atoms with Crippen LogP contribution in [0.15, 0.2) is 22.8 Å². The van der Waals surface area contributed by atoms with Crippen LogP contribution < -0.4 is 11.1 Å². The number of aromatic nitrogens is 3. The summed E-state index contributed by atoms with van der Waals surface area (Å²) < 4.78 is 0.710. The molecule has 0 aliphatic rings. The number of hydrogen-bond acceptors (Lipinski definition) is 4. The summed E-state index contributed by atoms with van der Waals surface area (Å²) in [4.78, 5) is 15.6. The number of carbonyl (C=O) groups excluding carboxylic acids is 1. The van der Waals surface area contributed by atoms with Gasteiger partial charge in [-0.25, -0.2) is 4.98 Å². The van der Waals surface area contributed by atoms with Gasteiger partial charge in [0.05, 0.1) is 5.69 Å². The number of carbonyl (C=O) groups is 1. The first-order valence-electron chi connectivity index (χ1n) is 4.49. The van der Waals surface area contributed by atoms with Crippen molar-refractivity contribution >= 4 is 44.9 Å². The highest BCUT2D eigenvalue weighted by Gasteiger charge is 2.11. The van der Waals surface area contributed by atoms with Crippen molar-refractivity contribution in [3.05, 3.63) is 33.6 Å². The van der Waals surface area contributed by atoms with Crippen LogP contribution in [-0.2, 0) is 0 Å². The molecule has 0 aliphatic carbocycles. The van der Waals surface area contributed by atoms with Crippen LogP contribution in [0.25, 0.3) is 0 Å². The fourth-order valence-corrected chi connectivity index (χ4v) is 1.64. The first kappa shape index (κ1) is 11.9. The predicted molar refractivity (Wildman–Crippen MR) is 67.9 cm³/mol. The molecule has 2 aromatic heterocycles. The maximum Gasteiger partial charge on any atom is 0.273 e. The molecule has 0 unspecified atom stereocenters. The fraction of sp³-hybridized carbons (Fsp3) is 0. The molecule has 8 heteroatoms. The molecule has 2 heterocycles. The van der Waals surface area contributed by atoms with Crippen LogP contribution in [0.2, 0.25) is 5.15 Å². The minimum atomic E-state index is -0.393. The highest BCUT2D eigenvalue weighted by atomic mass is 79.9. The van der Waals surface area contributed by atoms with Crippen molar-refractivity contribution in [2.75, 3.05) is 11.1 Å². The molecule has 0 atom stereocenters. The average molecular weight is 317 g/mol. The Morgan fingerprint density at radius 2 is 2.29 bits per heavy atom. The molecule has 0 saturated carbocycles. The molecule has 2 aromatic rings. The number of aromatic amines is 1. The highest BCUT2D eigenvalue weighted by molar-refractivity contribution is 9.10. The van der Waals surface area contributed by atoms with Crippen LogP contribution in [0.1, 0.15) is 10.5 Å². The summed E-state index contributed by atoms with van der Waals surface area (Å²) in [6.45, 7) is 0. The van der Waals surface area contributed by atoms with E-state index in [0.717, 1.165) is 0 Å². The first-order valence-corrected chi connectivity index (χ1v) is 5.66. The monoisotopic (exact) mass is 315 g/mol. The van der Waals surface area contributed by atoms with Crippen molar-refractivity contribution in [3.63, 3.8) is 0 Å². The summed E-state index contributed by atoms with van der Waals surface area (Å²) in [5, 5.41) is 8.94. The Hall–Kier alpha value is -1.60. The number of halogens is 2. The van der Waals surface area contributed by atoms with Gasteiger partial charge in [0.1, 0.15) is 11.5 Å². The van der Waals surface area contributed by atoms with Crippen molar-refractivity contribution in [2.24, 2.45) is 0 Å². The van der Waals surface area contributed by atoms with E-state index in [1.54, 1.807) is 6.07 Å². The summed E-state index contributed by atoms with van der Waals surface area (Å²) in [7, 11) is 0. The maximum atomic E-state index is 11.8. The number of nitrogens with one attached hydrogen (secondary N) is 2. The molecular weight excluding hydrogens is 309 g/mol. The lowest BCUT2D eigenvalue weighted by atomic mass is 10.3. The summed E-state index contributed by atoms with van der Waals surface area (Å²) in [5.41, 5.74) is 6.05. The van der Waals surface area contributed by atoms with Crippen molar-refractivity contribution in [1.82, 2.24) is 15.2 Å². The van der Waals surface area contributed by atoms with Gasteiger partial charge in [-0.1, -0.05) is 11.6 Å². The number of amides is 1. The molecule has 0 aromatic carbocycles. The number of anilines is 2. The zero-order valence-corrected chi connectivity index (χ0v) is 10.7. The van der Waals surface area contributed by atoms with Crippen LogP contribution in [0.5, 0.6) is 0 Å². The van der Waals surface area contributed by atoms with Crippen LogP contribution in [0.4, 0.5) is 11.5 Å². The molecule has 0 radical (unpaired) electrons. The lowest BCUT2D eigenvalue weighted by molar-refractivity contribution is 0.102. The molecule has 0 bridgehead atoms. The second kappa shape index (κ2) is 4.72. The van der Waals surface area contributed by atoms with E-state index in [-0.39, 0.29) is 16.7 Å². The summed E-state index contributed by atoms with van der Waals surface area (Å²) >= 11 is 9.07. The quantitative estimate of drug-likeness (QED) is 0.739. The van der Waals surface area contributed by atoms with E-state index in [9.17, 15) is 4.79 Å². The third kappa shape index (κ3) is 2.75. The topological polar surface area (TPSA) is 96.7 Å². The minimum absolute atomic E-state index is 0.203. The normalized spacial score (nSPS) is 10.2. The zero-order valence-electron chi connectivity index (χ0n) is 8.37. The van der Waals surface area contributed by atoms with Gasteiger partial charge in [-0.2, -0.15) is 5.10 Å². The Bertz CT molecular complexity index is 570. The smallest absolute Gasteiger partial charge is 0.273 e. The molecule has 0 saturated heterocycles. The minimum Gasteiger partial charge on any atom is -0.382 e. The molecule has 88 valence electrons. The van der Waals surface area contributed by atoms with E-state index in [2.05, 4.69) is 36.4 Å². The van der Waals surface area contributed by atoms with Gasteiger partial charge in [0.15, 0.2) is 5.15 Å². The van der Waals surface area contributed by atoms with Crippen molar-refractivity contribution in [3.8, 4) is 0 Å². The van der Waals surface area contributed by atoms with Crippen molar-refractivity contribution in [1.29, 1.82) is 0 Å². The number of H-pyrrole nitrogens is 1. The largest absolute Gasteiger partial charge is 0.382 e. The van der Waals surface area contributed by atoms with E-state index in [4.69, 9.17) is 17.3 Å². The van der Waals surface area contributed by atoms with Gasteiger partial charge in [-0.3, -0.25) is 9.89 Å². The maximum absolute atomic E-state index is 11.8. The number of nitrogens with two attached hydrogens (primary N) is 1. The second-order valence-electron chi connectivity index (χ2n) is 3.15. The molecule has 0 aliphatic heterocycles. The first-order chi connectivity index (χ1) is 8.06. The number of rotatable bonds is 2. The van der Waals surface area contributed by atoms with Gasteiger partial charge < -0.3 is 11.1 Å². The van der Waals surface area contributed by atoms with Gasteiger partial charge in [-0.15, -0.1) is 0 Å². The van der Waals surface area contributed by atoms with Crippen molar-refractivity contribution in [2.45, 2.75) is 0 Å². The van der Waals surface area contributed by atoms with Crippen molar-refractivity contribution < 1.29 is 4.79 Å². The Labute approximate surface area is 110 Å². The molecule has 0 spiro atoms. The summed E-state index contributed by atoms with van der Waals surface area (Å²) in [6, 6.07) is 3.07. The molecular formula is C9H7BrClN5O. The predicted octanol–water partition coefficient (Wildman–Crippen LogP) is 2.06. The Balaban J connectivity index is 2.21. The molecule has 6 nitrogen and oxygen atoms in total. The fourth-order valence-electron chi connectivity index (χ4n) is 1.15. The summed E-state index contributed by atoms with van der Waals surface area (Å²) in [5.74, 6) is -0.149. The van der Waals surface area contributed by atoms with Gasteiger partial charge in [0.25, 0.3) is 5.91 Å².